The standard InChI is InChI=1S/C4H8O.C2HF3O2.CH2Cl2/c1-2-4-5-3-1;3-2(4,5)1(6)7;2-1-3/h1-4H2;(H,6,7);1H2. The largest absolute Gasteiger partial charge is 0.490 e. The number of halogens is 5. The molecule has 1 N–H and O–H groups in total. The summed E-state index contributed by atoms with van der Waals surface area (Å²) in [6.07, 6.45) is -2.53. The van der Waals surface area contributed by atoms with E-state index in [1.807, 2.05) is 0 Å². The van der Waals surface area contributed by atoms with Gasteiger partial charge in [-0.1, -0.05) is 0 Å². The summed E-state index contributed by atoms with van der Waals surface area (Å²) in [6, 6.07) is 0. The number of rotatable bonds is 0. The number of hydrogen-bond donors (Lipinski definition) is 1. The lowest BCUT2D eigenvalue weighted by Crippen LogP contribution is -2.21. The maximum atomic E-state index is 10.6. The zero-order valence-corrected chi connectivity index (χ0v) is 9.20. The van der Waals surface area contributed by atoms with E-state index in [1.165, 1.54) is 12.8 Å². The summed E-state index contributed by atoms with van der Waals surface area (Å²) in [7, 11) is 0. The van der Waals surface area contributed by atoms with Crippen LogP contribution in [0.5, 0.6) is 0 Å². The molecule has 0 aliphatic carbocycles. The van der Waals surface area contributed by atoms with Crippen LogP contribution in [0.2, 0.25) is 0 Å². The summed E-state index contributed by atoms with van der Waals surface area (Å²) in [5.74, 6) is -2.76. The molecular weight excluding hydrogens is 260 g/mol. The van der Waals surface area contributed by atoms with Gasteiger partial charge in [-0.3, -0.25) is 0 Å². The highest BCUT2D eigenvalue weighted by Gasteiger charge is 2.38. The van der Waals surface area contributed by atoms with Gasteiger partial charge in [0.2, 0.25) is 0 Å². The van der Waals surface area contributed by atoms with E-state index in [4.69, 9.17) is 37.8 Å². The van der Waals surface area contributed by atoms with Gasteiger partial charge >= 0.3 is 12.1 Å². The third-order valence-electron chi connectivity index (χ3n) is 1.07. The van der Waals surface area contributed by atoms with Gasteiger partial charge in [-0.15, -0.1) is 23.2 Å². The average Bonchev–Trinajstić information content (AvgIpc) is 2.59. The fourth-order valence-electron chi connectivity index (χ4n) is 0.510. The van der Waals surface area contributed by atoms with Crippen molar-refractivity contribution in [2.75, 3.05) is 18.6 Å². The van der Waals surface area contributed by atoms with Gasteiger partial charge < -0.3 is 9.84 Å². The van der Waals surface area contributed by atoms with Crippen LogP contribution < -0.4 is 0 Å². The van der Waals surface area contributed by atoms with Gasteiger partial charge in [0, 0.05) is 13.2 Å². The van der Waals surface area contributed by atoms with E-state index in [0.29, 0.717) is 0 Å². The zero-order valence-electron chi connectivity index (χ0n) is 7.69. The monoisotopic (exact) mass is 270 g/mol. The van der Waals surface area contributed by atoms with Crippen LogP contribution in [0.4, 0.5) is 13.2 Å². The molecule has 1 heterocycles. The molecule has 0 atom stereocenters. The Morgan fingerprint density at radius 2 is 1.53 bits per heavy atom. The molecule has 0 aromatic heterocycles. The molecule has 1 rings (SSSR count). The summed E-state index contributed by atoms with van der Waals surface area (Å²) < 4.78 is 36.7. The van der Waals surface area contributed by atoms with Gasteiger partial charge in [0.25, 0.3) is 0 Å². The quantitative estimate of drug-likeness (QED) is 0.689. The molecule has 8 heteroatoms. The summed E-state index contributed by atoms with van der Waals surface area (Å²) in [5.41, 5.74) is 0. The van der Waals surface area contributed by atoms with Crippen LogP contribution in [0.15, 0.2) is 0 Å². The van der Waals surface area contributed by atoms with E-state index in [-0.39, 0.29) is 5.34 Å². The third kappa shape index (κ3) is 16.5. The van der Waals surface area contributed by atoms with Crippen LogP contribution in [0, 0.1) is 0 Å². The van der Waals surface area contributed by atoms with Gasteiger partial charge in [-0.25, -0.2) is 4.79 Å². The molecule has 92 valence electrons. The molecule has 0 bridgehead atoms. The Morgan fingerprint density at radius 3 is 1.60 bits per heavy atom. The van der Waals surface area contributed by atoms with Crippen LogP contribution in [-0.4, -0.2) is 35.8 Å². The Kier molecular flexibility index (Phi) is 11.8. The maximum Gasteiger partial charge on any atom is 0.490 e. The SMILES string of the molecule is C1CCOC1.ClCCl.O=C(O)C(F)(F)F. The van der Waals surface area contributed by atoms with Crippen molar-refractivity contribution >= 4 is 29.2 Å². The Morgan fingerprint density at radius 1 is 1.27 bits per heavy atom. The Bertz CT molecular complexity index is 152. The molecule has 0 spiro atoms. The first-order chi connectivity index (χ1) is 6.86. The molecule has 15 heavy (non-hydrogen) atoms. The molecule has 0 radical (unpaired) electrons. The summed E-state index contributed by atoms with van der Waals surface area (Å²) in [6.45, 7) is 2.00. The normalized spacial score (nSPS) is 14.5. The van der Waals surface area contributed by atoms with Crippen molar-refractivity contribution in [2.45, 2.75) is 19.0 Å². The third-order valence-corrected chi connectivity index (χ3v) is 1.07. The number of alkyl halides is 5. The number of carboxylic acid groups (broad SMARTS) is 1. The molecule has 0 aromatic carbocycles. The molecule has 1 aliphatic heterocycles. The van der Waals surface area contributed by atoms with Gasteiger partial charge in [0.15, 0.2) is 0 Å². The molecule has 1 saturated heterocycles. The van der Waals surface area contributed by atoms with E-state index in [0.717, 1.165) is 13.2 Å². The minimum atomic E-state index is -5.08. The van der Waals surface area contributed by atoms with E-state index in [9.17, 15) is 13.2 Å². The van der Waals surface area contributed by atoms with Crippen LogP contribution in [0.25, 0.3) is 0 Å². The lowest BCUT2D eigenvalue weighted by molar-refractivity contribution is -0.192. The lowest BCUT2D eigenvalue weighted by Gasteiger charge is -1.93. The van der Waals surface area contributed by atoms with Crippen LogP contribution in [0.1, 0.15) is 12.8 Å². The molecule has 3 nitrogen and oxygen atoms in total. The number of carboxylic acids is 1. The Hall–Kier alpha value is -0.200. The number of hydrogen-bond acceptors (Lipinski definition) is 2. The number of aliphatic carboxylic acids is 1. The fourth-order valence-corrected chi connectivity index (χ4v) is 0.510. The van der Waals surface area contributed by atoms with Gasteiger partial charge in [-0.05, 0) is 12.8 Å². The van der Waals surface area contributed by atoms with E-state index >= 15 is 0 Å². The first-order valence-corrected chi connectivity index (χ1v) is 4.93. The van der Waals surface area contributed by atoms with Crippen molar-refractivity contribution in [3.63, 3.8) is 0 Å². The molecule has 0 saturated carbocycles. The number of ether oxygens (including phenoxy) is 1. The average molecular weight is 271 g/mol. The van der Waals surface area contributed by atoms with Crippen molar-refractivity contribution in [1.82, 2.24) is 0 Å². The first-order valence-electron chi connectivity index (χ1n) is 3.86. The van der Waals surface area contributed by atoms with Crippen LogP contribution in [0.3, 0.4) is 0 Å². The zero-order chi connectivity index (χ0) is 12.3. The van der Waals surface area contributed by atoms with E-state index < -0.39 is 12.1 Å². The Labute approximate surface area is 95.1 Å². The highest BCUT2D eigenvalue weighted by molar-refractivity contribution is 6.40. The van der Waals surface area contributed by atoms with Crippen molar-refractivity contribution in [3.8, 4) is 0 Å². The van der Waals surface area contributed by atoms with Crippen LogP contribution in [-0.2, 0) is 9.53 Å². The molecule has 1 fully saturated rings. The predicted molar refractivity (Wildman–Crippen MR) is 50.3 cm³/mol. The fraction of sp³-hybridized carbons (Fsp3) is 0.857. The van der Waals surface area contributed by atoms with Crippen molar-refractivity contribution in [1.29, 1.82) is 0 Å². The lowest BCUT2D eigenvalue weighted by atomic mass is 10.4. The summed E-state index contributed by atoms with van der Waals surface area (Å²) >= 11 is 9.53. The highest BCUT2D eigenvalue weighted by Crippen LogP contribution is 2.13. The topological polar surface area (TPSA) is 46.5 Å². The summed E-state index contributed by atoms with van der Waals surface area (Å²) in [4.78, 5) is 8.90. The van der Waals surface area contributed by atoms with Crippen molar-refractivity contribution in [3.05, 3.63) is 0 Å². The smallest absolute Gasteiger partial charge is 0.475 e. The van der Waals surface area contributed by atoms with E-state index in [2.05, 4.69) is 0 Å². The van der Waals surface area contributed by atoms with Gasteiger partial charge in [0.05, 0.1) is 5.34 Å². The predicted octanol–water partition coefficient (Wildman–Crippen LogP) is 2.85. The van der Waals surface area contributed by atoms with Gasteiger partial charge in [0.1, 0.15) is 0 Å². The van der Waals surface area contributed by atoms with E-state index in [1.54, 1.807) is 0 Å². The van der Waals surface area contributed by atoms with Crippen LogP contribution >= 0.6 is 23.2 Å². The second-order valence-corrected chi connectivity index (χ2v) is 3.03. The maximum absolute atomic E-state index is 10.6. The van der Waals surface area contributed by atoms with Crippen molar-refractivity contribution < 1.29 is 27.8 Å². The number of carbonyl (C=O) groups is 1. The molecule has 0 aromatic rings. The second kappa shape index (κ2) is 10.3. The highest BCUT2D eigenvalue weighted by atomic mass is 35.5. The minimum absolute atomic E-state index is 0.194. The Balaban J connectivity index is 0. The second-order valence-electron chi connectivity index (χ2n) is 2.22. The minimum Gasteiger partial charge on any atom is -0.475 e. The van der Waals surface area contributed by atoms with Gasteiger partial charge in [-0.2, -0.15) is 13.2 Å². The molecular formula is C7H11Cl2F3O3. The molecule has 0 amide bonds. The molecule has 1 aliphatic rings. The summed E-state index contributed by atoms with van der Waals surface area (Å²) in [5, 5.41) is 7.32. The van der Waals surface area contributed by atoms with Crippen molar-refractivity contribution in [2.24, 2.45) is 0 Å². The first kappa shape index (κ1) is 17.2. The molecule has 0 unspecified atom stereocenters.